The Morgan fingerprint density at radius 3 is 2.28 bits per heavy atom. The first-order valence-electron chi connectivity index (χ1n) is 6.70. The standard InChI is InChI=1S/C16H10ClF3N2O2S/c17-11-5-7-12(8-6-11)25(23,24)13(9-21)10-22-15-4-2-1-3-14(15)16(18,19)20/h1-8,10,22H/b13-10+. The third-order valence-electron chi connectivity index (χ3n) is 3.11. The van der Waals surface area contributed by atoms with Crippen LogP contribution in [0.1, 0.15) is 5.56 Å². The molecule has 0 atom stereocenters. The molecule has 0 bridgehead atoms. The van der Waals surface area contributed by atoms with E-state index in [9.17, 15) is 21.6 Å². The van der Waals surface area contributed by atoms with Gasteiger partial charge >= 0.3 is 6.18 Å². The Hall–Kier alpha value is -2.50. The summed E-state index contributed by atoms with van der Waals surface area (Å²) in [4.78, 5) is -0.928. The summed E-state index contributed by atoms with van der Waals surface area (Å²) in [6.45, 7) is 0. The zero-order chi connectivity index (χ0) is 18.7. The van der Waals surface area contributed by atoms with Crippen molar-refractivity contribution in [2.75, 3.05) is 5.32 Å². The number of hydrogen-bond acceptors (Lipinski definition) is 4. The largest absolute Gasteiger partial charge is 0.418 e. The van der Waals surface area contributed by atoms with E-state index in [1.54, 1.807) is 0 Å². The fraction of sp³-hybridized carbons (Fsp3) is 0.0625. The van der Waals surface area contributed by atoms with Gasteiger partial charge in [-0.25, -0.2) is 8.42 Å². The van der Waals surface area contributed by atoms with Gasteiger partial charge in [0.15, 0.2) is 4.91 Å². The quantitative estimate of drug-likeness (QED) is 0.779. The Morgan fingerprint density at radius 1 is 1.12 bits per heavy atom. The first-order valence-corrected chi connectivity index (χ1v) is 8.56. The van der Waals surface area contributed by atoms with Gasteiger partial charge in [-0.15, -0.1) is 0 Å². The molecule has 2 rings (SSSR count). The van der Waals surface area contributed by atoms with Crippen molar-refractivity contribution in [3.8, 4) is 6.07 Å². The number of nitriles is 1. The highest BCUT2D eigenvalue weighted by Gasteiger charge is 2.33. The molecule has 9 heteroatoms. The molecule has 1 N–H and O–H groups in total. The van der Waals surface area contributed by atoms with E-state index in [2.05, 4.69) is 5.32 Å². The molecule has 0 amide bonds. The normalized spacial score (nSPS) is 12.5. The number of anilines is 1. The second-order valence-corrected chi connectivity index (χ2v) is 7.12. The molecule has 130 valence electrons. The average Bonchev–Trinajstić information content (AvgIpc) is 2.55. The number of nitrogens with zero attached hydrogens (tertiary/aromatic N) is 1. The van der Waals surface area contributed by atoms with Crippen LogP contribution < -0.4 is 5.32 Å². The van der Waals surface area contributed by atoms with E-state index in [1.165, 1.54) is 42.5 Å². The molecule has 0 aliphatic rings. The van der Waals surface area contributed by atoms with Crippen LogP contribution in [0.5, 0.6) is 0 Å². The Kier molecular flexibility index (Phi) is 5.40. The van der Waals surface area contributed by atoms with Crippen molar-refractivity contribution in [1.82, 2.24) is 0 Å². The van der Waals surface area contributed by atoms with Crippen molar-refractivity contribution in [2.24, 2.45) is 0 Å². The molecule has 0 saturated carbocycles. The van der Waals surface area contributed by atoms with Crippen molar-refractivity contribution in [3.63, 3.8) is 0 Å². The maximum absolute atomic E-state index is 12.9. The predicted molar refractivity (Wildman–Crippen MR) is 87.4 cm³/mol. The van der Waals surface area contributed by atoms with Crippen molar-refractivity contribution in [2.45, 2.75) is 11.1 Å². The molecular formula is C16H10ClF3N2O2S. The van der Waals surface area contributed by atoms with Crippen LogP contribution in [-0.2, 0) is 16.0 Å². The fourth-order valence-electron chi connectivity index (χ4n) is 1.91. The van der Waals surface area contributed by atoms with Gasteiger partial charge in [0.2, 0.25) is 9.84 Å². The Balaban J connectivity index is 2.40. The fourth-order valence-corrected chi connectivity index (χ4v) is 3.12. The molecule has 0 aromatic heterocycles. The summed E-state index contributed by atoms with van der Waals surface area (Å²) in [5.41, 5.74) is -1.35. The van der Waals surface area contributed by atoms with Gasteiger partial charge in [-0.05, 0) is 36.4 Å². The number of benzene rings is 2. The number of alkyl halides is 3. The minimum absolute atomic E-state index is 0.199. The van der Waals surface area contributed by atoms with Crippen molar-refractivity contribution < 1.29 is 21.6 Å². The van der Waals surface area contributed by atoms with E-state index in [0.717, 1.165) is 18.3 Å². The second-order valence-electron chi connectivity index (χ2n) is 4.77. The summed E-state index contributed by atoms with van der Waals surface area (Å²) in [6.07, 6.45) is -3.90. The molecule has 0 spiro atoms. The summed E-state index contributed by atoms with van der Waals surface area (Å²) in [7, 11) is -4.19. The molecule has 4 nitrogen and oxygen atoms in total. The lowest BCUT2D eigenvalue weighted by atomic mass is 10.1. The van der Waals surface area contributed by atoms with Crippen LogP contribution >= 0.6 is 11.6 Å². The molecule has 2 aromatic rings. The summed E-state index contributed by atoms with van der Waals surface area (Å²) in [5, 5.41) is 11.7. The smallest absolute Gasteiger partial charge is 0.359 e. The Labute approximate surface area is 147 Å². The zero-order valence-corrected chi connectivity index (χ0v) is 14.0. The lowest BCUT2D eigenvalue weighted by Gasteiger charge is -2.12. The van der Waals surface area contributed by atoms with Gasteiger partial charge in [0, 0.05) is 11.2 Å². The van der Waals surface area contributed by atoms with Gasteiger partial charge in [0.1, 0.15) is 6.07 Å². The Bertz CT molecular complexity index is 947. The minimum Gasteiger partial charge on any atom is -0.359 e. The monoisotopic (exact) mass is 386 g/mol. The molecule has 25 heavy (non-hydrogen) atoms. The van der Waals surface area contributed by atoms with Gasteiger partial charge < -0.3 is 5.32 Å². The van der Waals surface area contributed by atoms with E-state index in [0.29, 0.717) is 5.02 Å². The third kappa shape index (κ3) is 4.32. The van der Waals surface area contributed by atoms with Gasteiger partial charge in [0.05, 0.1) is 16.1 Å². The SMILES string of the molecule is N#C/C(=C\Nc1ccccc1C(F)(F)F)S(=O)(=O)c1ccc(Cl)cc1. The van der Waals surface area contributed by atoms with Crippen LogP contribution in [0, 0.1) is 11.3 Å². The number of para-hydroxylation sites is 1. The maximum Gasteiger partial charge on any atom is 0.418 e. The Morgan fingerprint density at radius 2 is 1.72 bits per heavy atom. The number of hydrogen-bond donors (Lipinski definition) is 1. The zero-order valence-electron chi connectivity index (χ0n) is 12.4. The van der Waals surface area contributed by atoms with Gasteiger partial charge in [-0.1, -0.05) is 23.7 Å². The van der Waals surface area contributed by atoms with Crippen LogP contribution in [0.2, 0.25) is 5.02 Å². The van der Waals surface area contributed by atoms with Crippen LogP contribution in [0.25, 0.3) is 0 Å². The molecule has 2 aromatic carbocycles. The third-order valence-corrected chi connectivity index (χ3v) is 5.05. The highest BCUT2D eigenvalue weighted by molar-refractivity contribution is 7.95. The number of rotatable bonds is 4. The summed E-state index contributed by atoms with van der Waals surface area (Å²) < 4.78 is 63.6. The summed E-state index contributed by atoms with van der Waals surface area (Å²) in [5.74, 6) is 0. The first-order chi connectivity index (χ1) is 11.7. The van der Waals surface area contributed by atoms with Crippen LogP contribution in [-0.4, -0.2) is 8.42 Å². The van der Waals surface area contributed by atoms with E-state index in [-0.39, 0.29) is 10.6 Å². The minimum atomic E-state index is -4.63. The van der Waals surface area contributed by atoms with E-state index in [4.69, 9.17) is 16.9 Å². The second kappa shape index (κ2) is 7.17. The molecule has 0 saturated heterocycles. The lowest BCUT2D eigenvalue weighted by molar-refractivity contribution is -0.136. The van der Waals surface area contributed by atoms with Gasteiger partial charge in [-0.2, -0.15) is 18.4 Å². The van der Waals surface area contributed by atoms with Crippen molar-refractivity contribution in [1.29, 1.82) is 5.26 Å². The molecule has 0 aliphatic heterocycles. The number of nitrogens with one attached hydrogen (secondary N) is 1. The molecule has 0 unspecified atom stereocenters. The van der Waals surface area contributed by atoms with Crippen LogP contribution in [0.15, 0.2) is 64.5 Å². The van der Waals surface area contributed by atoms with Crippen molar-refractivity contribution in [3.05, 3.63) is 70.2 Å². The van der Waals surface area contributed by atoms with Crippen molar-refractivity contribution >= 4 is 27.1 Å². The predicted octanol–water partition coefficient (Wildman–Crippen LogP) is 4.61. The van der Waals surface area contributed by atoms with Crippen LogP contribution in [0.3, 0.4) is 0 Å². The van der Waals surface area contributed by atoms with Crippen LogP contribution in [0.4, 0.5) is 18.9 Å². The highest BCUT2D eigenvalue weighted by Crippen LogP contribution is 2.34. The van der Waals surface area contributed by atoms with E-state index < -0.39 is 26.5 Å². The molecule has 0 aliphatic carbocycles. The van der Waals surface area contributed by atoms with E-state index in [1.807, 2.05) is 0 Å². The summed E-state index contributed by atoms with van der Waals surface area (Å²) in [6, 6.07) is 11.1. The molecule has 0 radical (unpaired) electrons. The number of allylic oxidation sites excluding steroid dienone is 1. The summed E-state index contributed by atoms with van der Waals surface area (Å²) >= 11 is 5.68. The molecule has 0 fully saturated rings. The van der Waals surface area contributed by atoms with E-state index >= 15 is 0 Å². The number of sulfone groups is 1. The van der Waals surface area contributed by atoms with Gasteiger partial charge in [-0.3, -0.25) is 0 Å². The maximum atomic E-state index is 12.9. The first kappa shape index (κ1) is 18.8. The van der Waals surface area contributed by atoms with Gasteiger partial charge in [0.25, 0.3) is 0 Å². The topological polar surface area (TPSA) is 70.0 Å². The molecular weight excluding hydrogens is 377 g/mol. The average molecular weight is 387 g/mol. The highest BCUT2D eigenvalue weighted by atomic mass is 35.5. The molecule has 0 heterocycles. The number of halogens is 4. The lowest BCUT2D eigenvalue weighted by Crippen LogP contribution is -2.10.